The van der Waals surface area contributed by atoms with Gasteiger partial charge in [0.2, 0.25) is 0 Å². The van der Waals surface area contributed by atoms with Crippen molar-refractivity contribution in [3.05, 3.63) is 0 Å². The lowest BCUT2D eigenvalue weighted by atomic mass is 10.0. The Kier molecular flexibility index (Phi) is 45.6. The molecule has 0 aromatic rings. The number of hydroxylamine groups is 4. The van der Waals surface area contributed by atoms with Gasteiger partial charge in [-0.05, 0) is 24.6 Å². The van der Waals surface area contributed by atoms with Gasteiger partial charge in [-0.15, -0.1) is 0 Å². The zero-order chi connectivity index (χ0) is 35.8. The third kappa shape index (κ3) is 40.9. The fourth-order valence-electron chi connectivity index (χ4n) is 7.72. The Morgan fingerprint density at radius 2 is 0.480 bits per heavy atom. The third-order valence-electron chi connectivity index (χ3n) is 11.5. The van der Waals surface area contributed by atoms with Crippen LogP contribution in [0.15, 0.2) is 0 Å². The summed E-state index contributed by atoms with van der Waals surface area (Å²) in [6.07, 6.45) is 56.4. The fraction of sp³-hybridized carbons (Fsp3) is 1.00. The second kappa shape index (κ2) is 43.6. The summed E-state index contributed by atoms with van der Waals surface area (Å²) < 4.78 is 0. The first kappa shape index (κ1) is 52.3. The van der Waals surface area contributed by atoms with E-state index in [1.54, 1.807) is 0 Å². The van der Waals surface area contributed by atoms with Crippen molar-refractivity contribution in [1.82, 2.24) is 0 Å². The fourth-order valence-corrected chi connectivity index (χ4v) is 7.72. The van der Waals surface area contributed by atoms with Gasteiger partial charge in [0, 0.05) is 12.8 Å². The van der Waals surface area contributed by atoms with Gasteiger partial charge in [-0.1, -0.05) is 251 Å². The molecule has 1 atom stereocenters. The molecule has 0 amide bonds. The van der Waals surface area contributed by atoms with Gasteiger partial charge in [-0.3, -0.25) is 0 Å². The van der Waals surface area contributed by atoms with E-state index in [1.165, 1.54) is 238 Å². The lowest BCUT2D eigenvalue weighted by Crippen LogP contribution is -3.00. The van der Waals surface area contributed by atoms with Crippen molar-refractivity contribution in [3.8, 4) is 0 Å². The molecule has 0 saturated heterocycles. The Balaban J connectivity index is 0. The Morgan fingerprint density at radius 1 is 0.300 bits per heavy atom. The summed E-state index contributed by atoms with van der Waals surface area (Å²) in [5.74, 6) is 0. The van der Waals surface area contributed by atoms with Crippen molar-refractivity contribution in [2.24, 2.45) is 0 Å². The minimum absolute atomic E-state index is 0. The summed E-state index contributed by atoms with van der Waals surface area (Å²) in [5.41, 5.74) is 0. The Bertz CT molecular complexity index is 601. The van der Waals surface area contributed by atoms with E-state index in [4.69, 9.17) is 0 Å². The first-order valence-electron chi connectivity index (χ1n) is 23.4. The Hall–Kier alpha value is 0.170. The molecule has 1 unspecified atom stereocenters. The van der Waals surface area contributed by atoms with Gasteiger partial charge in [0.05, 0.1) is 0 Å². The largest absolute Gasteiger partial charge is 1.00 e. The number of unbranched alkanes of at least 4 members (excludes halogenated alkanes) is 38. The van der Waals surface area contributed by atoms with Crippen LogP contribution in [0.5, 0.6) is 0 Å². The molecule has 0 bridgehead atoms. The predicted molar refractivity (Wildman–Crippen MR) is 219 cm³/mol. The van der Waals surface area contributed by atoms with Gasteiger partial charge in [0.25, 0.3) is 0 Å². The highest BCUT2D eigenvalue weighted by molar-refractivity contribution is 4.55. The summed E-state index contributed by atoms with van der Waals surface area (Å²) in [5, 5.41) is 21.2. The highest BCUT2D eigenvalue weighted by Crippen LogP contribution is 2.19. The van der Waals surface area contributed by atoms with Gasteiger partial charge in [-0.2, -0.15) is 10.4 Å². The van der Waals surface area contributed by atoms with E-state index >= 15 is 0 Å². The first-order chi connectivity index (χ1) is 24.0. The SMILES string of the molecule is CCCCCCCCCCCCCCCCCCCCCCC(C)[N+](O)(O)CCCCCCCCCCCCCCCCCCCCCC.[Cl-]. The van der Waals surface area contributed by atoms with Crippen LogP contribution >= 0.6 is 0 Å². The van der Waals surface area contributed by atoms with Crippen LogP contribution in [-0.2, 0) is 0 Å². The number of nitrogens with zero attached hydrogens (tertiary/aromatic N) is 1. The molecule has 0 saturated carbocycles. The minimum Gasteiger partial charge on any atom is -1.00 e. The molecule has 0 aliphatic rings. The average molecular weight is 731 g/mol. The normalized spacial score (nSPS) is 12.4. The topological polar surface area (TPSA) is 40.5 Å². The molecule has 50 heavy (non-hydrogen) atoms. The van der Waals surface area contributed by atoms with Crippen molar-refractivity contribution in [3.63, 3.8) is 0 Å². The zero-order valence-electron chi connectivity index (χ0n) is 35.0. The molecule has 0 radical (unpaired) electrons. The third-order valence-corrected chi connectivity index (χ3v) is 11.5. The molecule has 0 aromatic carbocycles. The molecule has 304 valence electrons. The Labute approximate surface area is 323 Å². The molecule has 0 rings (SSSR count). The standard InChI is InChI=1S/C46H96NO2.ClH/c1-4-6-8-10-12-14-16-18-20-22-24-26-28-30-32-34-36-38-40-42-44-46(3)47(48,49)45-43-41-39-37-35-33-31-29-27-25-23-21-19-17-15-13-11-9-7-5-2;/h46,48-49H,4-45H2,1-3H3;1H/q+1;/p-1. The van der Waals surface area contributed by atoms with Crippen LogP contribution in [0.4, 0.5) is 0 Å². The summed E-state index contributed by atoms with van der Waals surface area (Å²) in [7, 11) is 0. The molecule has 0 fully saturated rings. The van der Waals surface area contributed by atoms with Gasteiger partial charge in [0.1, 0.15) is 12.6 Å². The van der Waals surface area contributed by atoms with Crippen LogP contribution in [0.3, 0.4) is 0 Å². The van der Waals surface area contributed by atoms with E-state index in [0.717, 1.165) is 25.7 Å². The first-order valence-corrected chi connectivity index (χ1v) is 23.4. The van der Waals surface area contributed by atoms with Crippen LogP contribution in [0.25, 0.3) is 0 Å². The second-order valence-corrected chi connectivity index (χ2v) is 16.6. The summed E-state index contributed by atoms with van der Waals surface area (Å²) >= 11 is 0. The van der Waals surface area contributed by atoms with Crippen LogP contribution in [0.2, 0.25) is 0 Å². The number of hydrogen-bond acceptors (Lipinski definition) is 2. The molecule has 0 heterocycles. The van der Waals surface area contributed by atoms with Gasteiger partial charge in [-0.25, -0.2) is 0 Å². The maximum Gasteiger partial charge on any atom is 0.149 e. The van der Waals surface area contributed by atoms with Gasteiger partial charge >= 0.3 is 0 Å². The lowest BCUT2D eigenvalue weighted by Gasteiger charge is -2.27. The predicted octanol–water partition coefficient (Wildman–Crippen LogP) is 14.0. The zero-order valence-corrected chi connectivity index (χ0v) is 35.8. The van der Waals surface area contributed by atoms with Crippen LogP contribution in [0, 0.1) is 0 Å². The summed E-state index contributed by atoms with van der Waals surface area (Å²) in [6, 6.07) is -0.0733. The molecule has 0 spiro atoms. The van der Waals surface area contributed by atoms with E-state index in [-0.39, 0.29) is 18.4 Å². The van der Waals surface area contributed by atoms with Crippen molar-refractivity contribution < 1.29 is 27.6 Å². The smallest absolute Gasteiger partial charge is 0.149 e. The van der Waals surface area contributed by atoms with E-state index in [0.29, 0.717) is 6.54 Å². The molecule has 0 aliphatic heterocycles. The molecule has 0 aromatic heterocycles. The second-order valence-electron chi connectivity index (χ2n) is 16.6. The molecule has 2 N–H and O–H groups in total. The molecular formula is C46H96ClNO2. The van der Waals surface area contributed by atoms with Crippen LogP contribution < -0.4 is 12.4 Å². The van der Waals surface area contributed by atoms with Crippen molar-refractivity contribution in [1.29, 1.82) is 0 Å². The van der Waals surface area contributed by atoms with Gasteiger partial charge in [0.15, 0.2) is 0 Å². The summed E-state index contributed by atoms with van der Waals surface area (Å²) in [6.45, 7) is 7.10. The lowest BCUT2D eigenvalue weighted by molar-refractivity contribution is -1.26. The number of quaternary nitrogens is 1. The molecule has 0 aliphatic carbocycles. The van der Waals surface area contributed by atoms with E-state index in [2.05, 4.69) is 13.8 Å². The number of hydrogen-bond donors (Lipinski definition) is 2. The van der Waals surface area contributed by atoms with E-state index < -0.39 is 4.81 Å². The number of halogens is 1. The van der Waals surface area contributed by atoms with E-state index in [1.807, 2.05) is 6.92 Å². The monoisotopic (exact) mass is 730 g/mol. The van der Waals surface area contributed by atoms with Crippen molar-refractivity contribution in [2.75, 3.05) is 6.54 Å². The average Bonchev–Trinajstić information content (AvgIpc) is 3.09. The highest BCUT2D eigenvalue weighted by Gasteiger charge is 2.30. The van der Waals surface area contributed by atoms with Gasteiger partial charge < -0.3 is 12.4 Å². The highest BCUT2D eigenvalue weighted by atomic mass is 35.5. The van der Waals surface area contributed by atoms with E-state index in [9.17, 15) is 10.4 Å². The van der Waals surface area contributed by atoms with Crippen molar-refractivity contribution >= 4 is 0 Å². The maximum atomic E-state index is 10.6. The Morgan fingerprint density at radius 3 is 0.700 bits per heavy atom. The molecule has 3 nitrogen and oxygen atoms in total. The van der Waals surface area contributed by atoms with Crippen LogP contribution in [0.1, 0.15) is 284 Å². The minimum atomic E-state index is -0.766. The maximum absolute atomic E-state index is 10.6. The molecule has 4 heteroatoms. The summed E-state index contributed by atoms with van der Waals surface area (Å²) in [4.78, 5) is -0.766. The number of rotatable bonds is 43. The van der Waals surface area contributed by atoms with Crippen LogP contribution in [-0.4, -0.2) is 27.8 Å². The van der Waals surface area contributed by atoms with Crippen molar-refractivity contribution in [2.45, 2.75) is 290 Å². The quantitative estimate of drug-likeness (QED) is 0.0373. The molecular weight excluding hydrogens is 634 g/mol.